The van der Waals surface area contributed by atoms with E-state index in [4.69, 9.17) is 5.26 Å². The van der Waals surface area contributed by atoms with Crippen molar-refractivity contribution in [3.8, 4) is 6.19 Å². The number of nitriles is 1. The Morgan fingerprint density at radius 3 is 2.87 bits per heavy atom. The summed E-state index contributed by atoms with van der Waals surface area (Å²) in [6.07, 6.45) is 4.91. The van der Waals surface area contributed by atoms with E-state index >= 15 is 0 Å². The van der Waals surface area contributed by atoms with E-state index in [1.807, 2.05) is 13.8 Å². The summed E-state index contributed by atoms with van der Waals surface area (Å²) in [6.45, 7) is 5.03. The number of Topliss-reactive ketones (excluding diaryl/α,β-unsaturated/α-hetero) is 1. The fraction of sp³-hybridized carbons (Fsp3) is 0.529. The molecule has 1 aromatic heterocycles. The molecule has 0 bridgehead atoms. The highest BCUT2D eigenvalue weighted by atomic mass is 16.2. The summed E-state index contributed by atoms with van der Waals surface area (Å²) >= 11 is 0. The molecular weight excluding hydrogens is 292 g/mol. The van der Waals surface area contributed by atoms with Crippen molar-refractivity contribution >= 4 is 17.4 Å². The Bertz CT molecular complexity index is 636. The van der Waals surface area contributed by atoms with E-state index in [2.05, 4.69) is 11.2 Å². The molecule has 2 heterocycles. The smallest absolute Gasteiger partial charge is 0.229 e. The summed E-state index contributed by atoms with van der Waals surface area (Å²) in [6, 6.07) is 3.39. The maximum atomic E-state index is 12.4. The van der Waals surface area contributed by atoms with Gasteiger partial charge in [0.25, 0.3) is 0 Å². The minimum absolute atomic E-state index is 0.00458. The van der Waals surface area contributed by atoms with Crippen LogP contribution in [0.25, 0.3) is 0 Å². The summed E-state index contributed by atoms with van der Waals surface area (Å²) in [5.41, 5.74) is 1.05. The normalized spacial score (nSPS) is 17.2. The molecule has 23 heavy (non-hydrogen) atoms. The van der Waals surface area contributed by atoms with Crippen LogP contribution in [-0.4, -0.2) is 41.7 Å². The Morgan fingerprint density at radius 1 is 1.52 bits per heavy atom. The number of nitrogens with zero attached hydrogens (tertiary/aromatic N) is 4. The molecule has 2 rings (SSSR count). The summed E-state index contributed by atoms with van der Waals surface area (Å²) in [4.78, 5) is 31.8. The van der Waals surface area contributed by atoms with Crippen molar-refractivity contribution in [3.63, 3.8) is 0 Å². The number of aromatic nitrogens is 1. The number of carbonyl (C=O) groups excluding carboxylic acids is 2. The van der Waals surface area contributed by atoms with Crippen LogP contribution in [0.3, 0.4) is 0 Å². The summed E-state index contributed by atoms with van der Waals surface area (Å²) in [7, 11) is 1.70. The quantitative estimate of drug-likeness (QED) is 0.614. The first-order valence-electron chi connectivity index (χ1n) is 7.84. The van der Waals surface area contributed by atoms with Gasteiger partial charge in [0.2, 0.25) is 5.91 Å². The lowest BCUT2D eigenvalue weighted by molar-refractivity contribution is -0.121. The molecule has 1 aliphatic rings. The molecule has 1 amide bonds. The van der Waals surface area contributed by atoms with E-state index in [1.54, 1.807) is 35.2 Å². The standard InChI is InChI=1S/C17H22N4O2/c1-12(2)17(23)20(3)14-4-6-19-15(9-14)16(22)8-13-5-7-21(10-13)11-18/h4,6,9,12-13H,5,7-8,10H2,1-3H3/t13-/m0/s1. The molecular formula is C17H22N4O2. The minimum atomic E-state index is -0.109. The van der Waals surface area contributed by atoms with Gasteiger partial charge in [0, 0.05) is 44.4 Å². The highest BCUT2D eigenvalue weighted by Crippen LogP contribution is 2.22. The van der Waals surface area contributed by atoms with Crippen LogP contribution in [0.5, 0.6) is 0 Å². The van der Waals surface area contributed by atoms with Crippen LogP contribution in [0, 0.1) is 23.3 Å². The zero-order valence-electron chi connectivity index (χ0n) is 13.8. The fourth-order valence-corrected chi connectivity index (χ4v) is 2.75. The molecule has 1 aromatic rings. The zero-order valence-corrected chi connectivity index (χ0v) is 13.8. The number of rotatable bonds is 5. The molecule has 0 unspecified atom stereocenters. The van der Waals surface area contributed by atoms with Gasteiger partial charge in [-0.1, -0.05) is 13.8 Å². The average Bonchev–Trinajstić information content (AvgIpc) is 3.01. The Balaban J connectivity index is 2.06. The molecule has 1 fully saturated rings. The minimum Gasteiger partial charge on any atom is -0.315 e. The first kappa shape index (κ1) is 16.9. The molecule has 122 valence electrons. The van der Waals surface area contributed by atoms with E-state index < -0.39 is 0 Å². The van der Waals surface area contributed by atoms with Gasteiger partial charge in [-0.05, 0) is 24.5 Å². The number of likely N-dealkylation sites (tertiary alicyclic amines) is 1. The maximum Gasteiger partial charge on any atom is 0.229 e. The van der Waals surface area contributed by atoms with Gasteiger partial charge in [-0.25, -0.2) is 0 Å². The lowest BCUT2D eigenvalue weighted by Crippen LogP contribution is -2.30. The van der Waals surface area contributed by atoms with Gasteiger partial charge in [-0.15, -0.1) is 0 Å². The van der Waals surface area contributed by atoms with Gasteiger partial charge in [0.1, 0.15) is 5.69 Å². The molecule has 0 aromatic carbocycles. The molecule has 0 N–H and O–H groups in total. The van der Waals surface area contributed by atoms with Crippen molar-refractivity contribution in [2.45, 2.75) is 26.7 Å². The third kappa shape index (κ3) is 4.07. The Hall–Kier alpha value is -2.42. The molecule has 0 aliphatic carbocycles. The van der Waals surface area contributed by atoms with E-state index in [-0.39, 0.29) is 23.5 Å². The van der Waals surface area contributed by atoms with Crippen LogP contribution in [0.2, 0.25) is 0 Å². The second kappa shape index (κ2) is 7.23. The van der Waals surface area contributed by atoms with Gasteiger partial charge >= 0.3 is 0 Å². The maximum absolute atomic E-state index is 12.4. The first-order chi connectivity index (χ1) is 10.9. The summed E-state index contributed by atoms with van der Waals surface area (Å²) in [5, 5.41) is 8.87. The Labute approximate surface area is 136 Å². The number of hydrogen-bond acceptors (Lipinski definition) is 5. The van der Waals surface area contributed by atoms with Gasteiger partial charge in [0.05, 0.1) is 0 Å². The van der Waals surface area contributed by atoms with Crippen molar-refractivity contribution in [3.05, 3.63) is 24.0 Å². The van der Waals surface area contributed by atoms with Gasteiger partial charge in [0.15, 0.2) is 12.0 Å². The van der Waals surface area contributed by atoms with E-state index in [1.165, 1.54) is 0 Å². The molecule has 1 aliphatic heterocycles. The highest BCUT2D eigenvalue weighted by Gasteiger charge is 2.25. The largest absolute Gasteiger partial charge is 0.315 e. The van der Waals surface area contributed by atoms with Crippen molar-refractivity contribution in [2.24, 2.45) is 11.8 Å². The Kier molecular flexibility index (Phi) is 5.32. The van der Waals surface area contributed by atoms with E-state index in [0.717, 1.165) is 6.42 Å². The van der Waals surface area contributed by atoms with Crippen LogP contribution >= 0.6 is 0 Å². The number of ketones is 1. The van der Waals surface area contributed by atoms with Crippen molar-refractivity contribution in [2.75, 3.05) is 25.0 Å². The topological polar surface area (TPSA) is 77.3 Å². The fourth-order valence-electron chi connectivity index (χ4n) is 2.75. The van der Waals surface area contributed by atoms with Gasteiger partial charge in [-0.3, -0.25) is 14.6 Å². The molecule has 0 spiro atoms. The van der Waals surface area contributed by atoms with Crippen molar-refractivity contribution < 1.29 is 9.59 Å². The lowest BCUT2D eigenvalue weighted by Gasteiger charge is -2.19. The van der Waals surface area contributed by atoms with Crippen molar-refractivity contribution in [1.82, 2.24) is 9.88 Å². The monoisotopic (exact) mass is 314 g/mol. The first-order valence-corrected chi connectivity index (χ1v) is 7.84. The van der Waals surface area contributed by atoms with Crippen LogP contribution in [0.1, 0.15) is 37.2 Å². The Morgan fingerprint density at radius 2 is 2.26 bits per heavy atom. The molecule has 6 nitrogen and oxygen atoms in total. The average molecular weight is 314 g/mol. The van der Waals surface area contributed by atoms with Crippen molar-refractivity contribution in [1.29, 1.82) is 5.26 Å². The lowest BCUT2D eigenvalue weighted by atomic mass is 10.00. The van der Waals surface area contributed by atoms with E-state index in [9.17, 15) is 9.59 Å². The predicted molar refractivity (Wildman–Crippen MR) is 86.7 cm³/mol. The number of anilines is 1. The van der Waals surface area contributed by atoms with Gasteiger partial charge < -0.3 is 9.80 Å². The van der Waals surface area contributed by atoms with E-state index in [0.29, 0.717) is 30.9 Å². The van der Waals surface area contributed by atoms with Crippen LogP contribution < -0.4 is 4.90 Å². The molecule has 0 saturated carbocycles. The molecule has 1 saturated heterocycles. The highest BCUT2D eigenvalue weighted by molar-refractivity contribution is 5.98. The third-order valence-corrected chi connectivity index (χ3v) is 4.14. The zero-order chi connectivity index (χ0) is 17.0. The predicted octanol–water partition coefficient (Wildman–Crippen LogP) is 2.08. The second-order valence-corrected chi connectivity index (χ2v) is 6.28. The SMILES string of the molecule is CC(C)C(=O)N(C)c1ccnc(C(=O)C[C@@H]2CCN(C#N)C2)c1. The number of amides is 1. The molecule has 0 radical (unpaired) electrons. The molecule has 6 heteroatoms. The summed E-state index contributed by atoms with van der Waals surface area (Å²) < 4.78 is 0. The van der Waals surface area contributed by atoms with Crippen LogP contribution in [-0.2, 0) is 4.79 Å². The van der Waals surface area contributed by atoms with Gasteiger partial charge in [-0.2, -0.15) is 5.26 Å². The number of carbonyl (C=O) groups is 2. The molecule has 1 atom stereocenters. The summed E-state index contributed by atoms with van der Waals surface area (Å²) in [5.74, 6) is 0.0440. The second-order valence-electron chi connectivity index (χ2n) is 6.28. The van der Waals surface area contributed by atoms with Crippen LogP contribution in [0.15, 0.2) is 18.3 Å². The third-order valence-electron chi connectivity index (χ3n) is 4.14. The number of hydrogen-bond donors (Lipinski definition) is 0. The number of pyridine rings is 1. The van der Waals surface area contributed by atoms with Crippen LogP contribution in [0.4, 0.5) is 5.69 Å².